The van der Waals surface area contributed by atoms with Crippen molar-refractivity contribution in [1.29, 1.82) is 0 Å². The number of carbonyl (C=O) groups is 2. The van der Waals surface area contributed by atoms with Gasteiger partial charge < -0.3 is 14.4 Å². The molecule has 1 aliphatic rings. The van der Waals surface area contributed by atoms with Crippen molar-refractivity contribution in [2.45, 2.75) is 19.8 Å². The van der Waals surface area contributed by atoms with Crippen LogP contribution in [0.4, 0.5) is 0 Å². The van der Waals surface area contributed by atoms with Crippen LogP contribution in [0, 0.1) is 5.41 Å². The number of thiazole rings is 1. The van der Waals surface area contributed by atoms with E-state index in [4.69, 9.17) is 4.42 Å². The molecule has 1 fully saturated rings. The lowest BCUT2D eigenvalue weighted by molar-refractivity contribution is -0.150. The van der Waals surface area contributed by atoms with Gasteiger partial charge in [-0.1, -0.05) is 0 Å². The van der Waals surface area contributed by atoms with Gasteiger partial charge >= 0.3 is 5.97 Å². The van der Waals surface area contributed by atoms with E-state index in [1.165, 1.54) is 11.3 Å². The number of aromatic nitrogens is 1. The van der Waals surface area contributed by atoms with Crippen LogP contribution in [-0.4, -0.2) is 40.0 Å². The third kappa shape index (κ3) is 2.64. The van der Waals surface area contributed by atoms with Gasteiger partial charge in [0.1, 0.15) is 17.0 Å². The summed E-state index contributed by atoms with van der Waals surface area (Å²) in [6, 6.07) is 1.79. The average molecular weight is 320 g/mol. The van der Waals surface area contributed by atoms with Gasteiger partial charge in [-0.15, -0.1) is 11.3 Å². The van der Waals surface area contributed by atoms with Crippen LogP contribution in [0.15, 0.2) is 28.4 Å². The predicted molar refractivity (Wildman–Crippen MR) is 80.7 cm³/mol. The second-order valence-electron chi connectivity index (χ2n) is 5.75. The first kappa shape index (κ1) is 14.8. The molecule has 3 heterocycles. The molecule has 2 aromatic heterocycles. The van der Waals surface area contributed by atoms with Crippen molar-refractivity contribution in [2.75, 3.05) is 13.1 Å². The largest absolute Gasteiger partial charge is 0.481 e. The number of carboxylic acids is 1. The Morgan fingerprint density at radius 1 is 1.50 bits per heavy atom. The highest BCUT2D eigenvalue weighted by molar-refractivity contribution is 7.13. The maximum Gasteiger partial charge on any atom is 0.311 e. The molecule has 7 heteroatoms. The molecular formula is C15H16N2O4S. The van der Waals surface area contributed by atoms with Gasteiger partial charge in [-0.05, 0) is 25.8 Å². The summed E-state index contributed by atoms with van der Waals surface area (Å²) >= 11 is 1.37. The number of hydrogen-bond donors (Lipinski definition) is 1. The smallest absolute Gasteiger partial charge is 0.311 e. The summed E-state index contributed by atoms with van der Waals surface area (Å²) in [7, 11) is 0. The Labute approximate surface area is 131 Å². The summed E-state index contributed by atoms with van der Waals surface area (Å²) in [6.45, 7) is 2.48. The molecule has 3 rings (SSSR count). The maximum absolute atomic E-state index is 12.5. The Balaban J connectivity index is 1.78. The van der Waals surface area contributed by atoms with E-state index in [1.54, 1.807) is 35.8 Å². The number of furan rings is 1. The van der Waals surface area contributed by atoms with Crippen molar-refractivity contribution in [3.8, 4) is 10.6 Å². The first-order valence-corrected chi connectivity index (χ1v) is 7.88. The zero-order valence-electron chi connectivity index (χ0n) is 12.1. The molecule has 2 aromatic rings. The minimum atomic E-state index is -0.878. The molecule has 1 amide bonds. The van der Waals surface area contributed by atoms with Crippen LogP contribution in [0.5, 0.6) is 0 Å². The number of nitrogens with zero attached hydrogens (tertiary/aromatic N) is 2. The molecule has 22 heavy (non-hydrogen) atoms. The third-order valence-electron chi connectivity index (χ3n) is 3.99. The topological polar surface area (TPSA) is 83.6 Å². The second kappa shape index (κ2) is 5.57. The molecule has 6 nitrogen and oxygen atoms in total. The highest BCUT2D eigenvalue weighted by atomic mass is 32.1. The van der Waals surface area contributed by atoms with Crippen molar-refractivity contribution in [3.05, 3.63) is 29.7 Å². The molecule has 1 atom stereocenters. The average Bonchev–Trinajstić information content (AvgIpc) is 3.17. The molecular weight excluding hydrogens is 304 g/mol. The minimum absolute atomic E-state index is 0.210. The third-order valence-corrected chi connectivity index (χ3v) is 4.88. The van der Waals surface area contributed by atoms with Crippen LogP contribution in [0.3, 0.4) is 0 Å². The van der Waals surface area contributed by atoms with E-state index in [1.807, 2.05) is 0 Å². The van der Waals surface area contributed by atoms with Crippen molar-refractivity contribution in [1.82, 2.24) is 9.88 Å². The lowest BCUT2D eigenvalue weighted by Crippen LogP contribution is -2.48. The quantitative estimate of drug-likeness (QED) is 0.940. The van der Waals surface area contributed by atoms with Gasteiger partial charge in [0, 0.05) is 24.0 Å². The van der Waals surface area contributed by atoms with E-state index >= 15 is 0 Å². The van der Waals surface area contributed by atoms with Crippen LogP contribution in [-0.2, 0) is 4.79 Å². The first-order valence-electron chi connectivity index (χ1n) is 7.00. The normalized spacial score (nSPS) is 21.8. The number of rotatable bonds is 3. The molecule has 1 saturated heterocycles. The van der Waals surface area contributed by atoms with E-state index in [-0.39, 0.29) is 12.5 Å². The molecule has 1 N–H and O–H groups in total. The Bertz CT molecular complexity index is 694. The molecule has 1 unspecified atom stereocenters. The highest BCUT2D eigenvalue weighted by Crippen LogP contribution is 2.31. The fraction of sp³-hybridized carbons (Fsp3) is 0.400. The molecule has 0 aliphatic carbocycles. The van der Waals surface area contributed by atoms with Gasteiger partial charge in [0.2, 0.25) is 0 Å². The Morgan fingerprint density at radius 3 is 3.00 bits per heavy atom. The monoisotopic (exact) mass is 320 g/mol. The van der Waals surface area contributed by atoms with Crippen molar-refractivity contribution < 1.29 is 19.1 Å². The van der Waals surface area contributed by atoms with Crippen molar-refractivity contribution >= 4 is 23.2 Å². The van der Waals surface area contributed by atoms with E-state index in [2.05, 4.69) is 4.98 Å². The number of likely N-dealkylation sites (tertiary alicyclic amines) is 1. The van der Waals surface area contributed by atoms with Gasteiger partial charge in [0.15, 0.2) is 0 Å². The van der Waals surface area contributed by atoms with Crippen LogP contribution >= 0.6 is 11.3 Å². The van der Waals surface area contributed by atoms with Crippen LogP contribution in [0.1, 0.15) is 30.3 Å². The van der Waals surface area contributed by atoms with Crippen molar-refractivity contribution in [2.24, 2.45) is 5.41 Å². The van der Waals surface area contributed by atoms with E-state index in [9.17, 15) is 14.7 Å². The van der Waals surface area contributed by atoms with Crippen LogP contribution in [0.2, 0.25) is 0 Å². The zero-order valence-corrected chi connectivity index (χ0v) is 12.9. The number of carboxylic acid groups (broad SMARTS) is 1. The van der Waals surface area contributed by atoms with E-state index < -0.39 is 11.4 Å². The molecule has 116 valence electrons. The number of piperidine rings is 1. The second-order valence-corrected chi connectivity index (χ2v) is 6.60. The predicted octanol–water partition coefficient (Wildman–Crippen LogP) is 2.73. The molecule has 0 bridgehead atoms. The first-order chi connectivity index (χ1) is 10.5. The lowest BCUT2D eigenvalue weighted by atomic mass is 9.82. The summed E-state index contributed by atoms with van der Waals surface area (Å²) in [4.78, 5) is 29.9. The lowest BCUT2D eigenvalue weighted by Gasteiger charge is -2.37. The summed E-state index contributed by atoms with van der Waals surface area (Å²) in [5.74, 6) is -1.07. The van der Waals surface area contributed by atoms with Gasteiger partial charge in [-0.25, -0.2) is 4.98 Å². The van der Waals surface area contributed by atoms with Crippen LogP contribution < -0.4 is 0 Å². The Morgan fingerprint density at radius 2 is 2.32 bits per heavy atom. The number of carbonyl (C=O) groups excluding carboxylic acids is 1. The highest BCUT2D eigenvalue weighted by Gasteiger charge is 2.39. The van der Waals surface area contributed by atoms with Gasteiger partial charge in [0.05, 0.1) is 11.7 Å². The summed E-state index contributed by atoms with van der Waals surface area (Å²) in [5, 5.41) is 11.8. The SMILES string of the molecule is CC1(C(=O)O)CCCN(C(=O)c2csc(-c3ccoc3)n2)C1. The minimum Gasteiger partial charge on any atom is -0.481 e. The number of aliphatic carboxylic acids is 1. The summed E-state index contributed by atoms with van der Waals surface area (Å²) < 4.78 is 5.01. The maximum atomic E-state index is 12.5. The van der Waals surface area contributed by atoms with E-state index in [0.29, 0.717) is 25.1 Å². The molecule has 0 saturated carbocycles. The number of hydrogen-bond acceptors (Lipinski definition) is 5. The van der Waals surface area contributed by atoms with Gasteiger partial charge in [-0.2, -0.15) is 0 Å². The van der Waals surface area contributed by atoms with E-state index in [0.717, 1.165) is 10.6 Å². The molecule has 0 aromatic carbocycles. The van der Waals surface area contributed by atoms with Crippen LogP contribution in [0.25, 0.3) is 10.6 Å². The molecule has 1 aliphatic heterocycles. The molecule has 0 radical (unpaired) electrons. The standard InChI is InChI=1S/C15H16N2O4S/c1-15(14(19)20)4-2-5-17(9-15)13(18)11-8-22-12(16-11)10-3-6-21-7-10/h3,6-8H,2,4-5,9H2,1H3,(H,19,20). The fourth-order valence-corrected chi connectivity index (χ4v) is 3.42. The Kier molecular flexibility index (Phi) is 3.74. The Hall–Kier alpha value is -2.15. The number of amides is 1. The van der Waals surface area contributed by atoms with Gasteiger partial charge in [0.25, 0.3) is 5.91 Å². The summed E-state index contributed by atoms with van der Waals surface area (Å²) in [6.07, 6.45) is 4.41. The fourth-order valence-electron chi connectivity index (χ4n) is 2.64. The summed E-state index contributed by atoms with van der Waals surface area (Å²) in [5.41, 5.74) is 0.311. The van der Waals surface area contributed by atoms with Crippen molar-refractivity contribution in [3.63, 3.8) is 0 Å². The molecule has 0 spiro atoms. The zero-order chi connectivity index (χ0) is 15.7. The van der Waals surface area contributed by atoms with Gasteiger partial charge in [-0.3, -0.25) is 9.59 Å².